The molecule has 0 aliphatic carbocycles. The third-order valence-electron chi connectivity index (χ3n) is 2.05. The van der Waals surface area contributed by atoms with Gasteiger partial charge in [-0.1, -0.05) is 34.5 Å². The predicted molar refractivity (Wildman–Crippen MR) is 58.4 cm³/mol. The molecule has 15 heavy (non-hydrogen) atoms. The Bertz CT molecular complexity index is 380. The summed E-state index contributed by atoms with van der Waals surface area (Å²) < 4.78 is 38.7. The topological polar surface area (TPSA) is 0 Å². The van der Waals surface area contributed by atoms with E-state index in [0.717, 1.165) is 18.1 Å². The van der Waals surface area contributed by atoms with Crippen LogP contribution in [-0.4, -0.2) is 5.33 Å². The van der Waals surface area contributed by atoms with Crippen LogP contribution in [0, 0.1) is 17.5 Å². The Morgan fingerprint density at radius 2 is 1.93 bits per heavy atom. The van der Waals surface area contributed by atoms with Crippen molar-refractivity contribution in [2.75, 3.05) is 5.33 Å². The van der Waals surface area contributed by atoms with E-state index in [1.54, 1.807) is 0 Å². The zero-order valence-corrected chi connectivity index (χ0v) is 9.74. The summed E-state index contributed by atoms with van der Waals surface area (Å²) in [5.74, 6) is -3.72. The standard InChI is InChI=1S/C11H10BrF3/c1-2-7(6-12)5-8-3-4-9(13)11(15)10(8)14/h3-5H,2,6H2,1H3/b7-5-. The number of hydrogen-bond donors (Lipinski definition) is 0. The van der Waals surface area contributed by atoms with Gasteiger partial charge in [0.25, 0.3) is 0 Å². The molecule has 4 heteroatoms. The first-order valence-corrected chi connectivity index (χ1v) is 5.61. The summed E-state index contributed by atoms with van der Waals surface area (Å²) in [5.41, 5.74) is 0.991. The number of benzene rings is 1. The summed E-state index contributed by atoms with van der Waals surface area (Å²) in [4.78, 5) is 0. The van der Waals surface area contributed by atoms with E-state index in [4.69, 9.17) is 0 Å². The van der Waals surface area contributed by atoms with Gasteiger partial charge in [0, 0.05) is 10.9 Å². The van der Waals surface area contributed by atoms with Gasteiger partial charge in [-0.25, -0.2) is 13.2 Å². The molecule has 0 saturated carbocycles. The fourth-order valence-electron chi connectivity index (χ4n) is 1.11. The summed E-state index contributed by atoms with van der Waals surface area (Å²) in [5, 5.41) is 0.585. The number of hydrogen-bond acceptors (Lipinski definition) is 0. The Labute approximate surface area is 94.9 Å². The molecule has 0 aliphatic heterocycles. The minimum atomic E-state index is -1.42. The molecule has 0 atom stereocenters. The normalized spacial score (nSPS) is 11.9. The van der Waals surface area contributed by atoms with Crippen LogP contribution < -0.4 is 0 Å². The molecule has 1 rings (SSSR count). The van der Waals surface area contributed by atoms with Gasteiger partial charge >= 0.3 is 0 Å². The molecule has 0 amide bonds. The molecule has 0 unspecified atom stereocenters. The monoisotopic (exact) mass is 278 g/mol. The Balaban J connectivity index is 3.16. The van der Waals surface area contributed by atoms with Crippen molar-refractivity contribution >= 4 is 22.0 Å². The first-order chi connectivity index (χ1) is 7.10. The fourth-order valence-corrected chi connectivity index (χ4v) is 1.67. The molecule has 0 N–H and O–H groups in total. The number of alkyl halides is 1. The SMILES string of the molecule is CC/C(=C/c1ccc(F)c(F)c1F)CBr. The largest absolute Gasteiger partial charge is 0.204 e. The molecule has 0 nitrogen and oxygen atoms in total. The molecule has 0 heterocycles. The molecule has 0 aliphatic rings. The van der Waals surface area contributed by atoms with E-state index < -0.39 is 17.5 Å². The molecular weight excluding hydrogens is 269 g/mol. The highest BCUT2D eigenvalue weighted by Gasteiger charge is 2.11. The van der Waals surface area contributed by atoms with Crippen molar-refractivity contribution in [2.45, 2.75) is 13.3 Å². The van der Waals surface area contributed by atoms with Gasteiger partial charge < -0.3 is 0 Å². The van der Waals surface area contributed by atoms with E-state index in [1.165, 1.54) is 12.1 Å². The van der Waals surface area contributed by atoms with Gasteiger partial charge in [-0.05, 0) is 18.6 Å². The van der Waals surface area contributed by atoms with E-state index in [-0.39, 0.29) is 5.56 Å². The second-order valence-electron chi connectivity index (χ2n) is 3.05. The highest BCUT2D eigenvalue weighted by Crippen LogP contribution is 2.19. The van der Waals surface area contributed by atoms with Crippen LogP contribution in [0.15, 0.2) is 17.7 Å². The fraction of sp³-hybridized carbons (Fsp3) is 0.273. The van der Waals surface area contributed by atoms with Gasteiger partial charge in [-0.3, -0.25) is 0 Å². The average molecular weight is 279 g/mol. The molecule has 1 aromatic rings. The second-order valence-corrected chi connectivity index (χ2v) is 3.62. The average Bonchev–Trinajstić information content (AvgIpc) is 2.25. The lowest BCUT2D eigenvalue weighted by Crippen LogP contribution is -1.94. The highest BCUT2D eigenvalue weighted by atomic mass is 79.9. The van der Waals surface area contributed by atoms with Crippen molar-refractivity contribution in [2.24, 2.45) is 0 Å². The number of halogens is 4. The maximum absolute atomic E-state index is 13.2. The van der Waals surface area contributed by atoms with Crippen LogP contribution in [0.3, 0.4) is 0 Å². The summed E-state index contributed by atoms with van der Waals surface area (Å²) in [6.45, 7) is 1.91. The van der Waals surface area contributed by atoms with Crippen molar-refractivity contribution < 1.29 is 13.2 Å². The minimum absolute atomic E-state index is 0.0743. The Hall–Kier alpha value is -0.770. The van der Waals surface area contributed by atoms with E-state index in [2.05, 4.69) is 15.9 Å². The van der Waals surface area contributed by atoms with Crippen LogP contribution in [0.5, 0.6) is 0 Å². The van der Waals surface area contributed by atoms with E-state index in [0.29, 0.717) is 5.33 Å². The van der Waals surface area contributed by atoms with Gasteiger partial charge in [-0.15, -0.1) is 0 Å². The lowest BCUT2D eigenvalue weighted by Gasteiger charge is -2.02. The van der Waals surface area contributed by atoms with Crippen LogP contribution in [-0.2, 0) is 0 Å². The molecule has 0 radical (unpaired) electrons. The van der Waals surface area contributed by atoms with Gasteiger partial charge in [0.05, 0.1) is 0 Å². The summed E-state index contributed by atoms with van der Waals surface area (Å²) >= 11 is 3.23. The summed E-state index contributed by atoms with van der Waals surface area (Å²) in [7, 11) is 0. The van der Waals surface area contributed by atoms with Crippen LogP contribution in [0.2, 0.25) is 0 Å². The number of rotatable bonds is 3. The maximum Gasteiger partial charge on any atom is 0.195 e. The van der Waals surface area contributed by atoms with Crippen LogP contribution in [0.25, 0.3) is 6.08 Å². The third kappa shape index (κ3) is 2.84. The van der Waals surface area contributed by atoms with Gasteiger partial charge in [0.1, 0.15) is 0 Å². The molecule has 0 aromatic heterocycles. The lowest BCUT2D eigenvalue weighted by molar-refractivity contribution is 0.446. The second kappa shape index (κ2) is 5.35. The highest BCUT2D eigenvalue weighted by molar-refractivity contribution is 9.09. The first-order valence-electron chi connectivity index (χ1n) is 4.49. The Kier molecular flexibility index (Phi) is 4.39. The number of allylic oxidation sites excluding steroid dienone is 1. The van der Waals surface area contributed by atoms with Crippen LogP contribution in [0.1, 0.15) is 18.9 Å². The molecule has 82 valence electrons. The molecular formula is C11H10BrF3. The summed E-state index contributed by atoms with van der Waals surface area (Å²) in [6.07, 6.45) is 2.25. The van der Waals surface area contributed by atoms with Crippen molar-refractivity contribution in [3.05, 3.63) is 40.7 Å². The maximum atomic E-state index is 13.2. The van der Waals surface area contributed by atoms with Crippen molar-refractivity contribution in [3.8, 4) is 0 Å². The minimum Gasteiger partial charge on any atom is -0.204 e. The third-order valence-corrected chi connectivity index (χ3v) is 2.77. The van der Waals surface area contributed by atoms with Crippen molar-refractivity contribution in [1.29, 1.82) is 0 Å². The van der Waals surface area contributed by atoms with Crippen LogP contribution in [0.4, 0.5) is 13.2 Å². The van der Waals surface area contributed by atoms with Gasteiger partial charge in [0.15, 0.2) is 17.5 Å². The summed E-state index contributed by atoms with van der Waals surface area (Å²) in [6, 6.07) is 2.15. The van der Waals surface area contributed by atoms with Crippen LogP contribution >= 0.6 is 15.9 Å². The van der Waals surface area contributed by atoms with Crippen molar-refractivity contribution in [1.82, 2.24) is 0 Å². The quantitative estimate of drug-likeness (QED) is 0.572. The smallest absolute Gasteiger partial charge is 0.195 e. The molecule has 1 aromatic carbocycles. The first kappa shape index (κ1) is 12.3. The lowest BCUT2D eigenvalue weighted by atomic mass is 10.1. The van der Waals surface area contributed by atoms with Crippen molar-refractivity contribution in [3.63, 3.8) is 0 Å². The van der Waals surface area contributed by atoms with E-state index in [9.17, 15) is 13.2 Å². The van der Waals surface area contributed by atoms with Gasteiger partial charge in [-0.2, -0.15) is 0 Å². The predicted octanol–water partition coefficient (Wildman–Crippen LogP) is 4.29. The van der Waals surface area contributed by atoms with Gasteiger partial charge in [0.2, 0.25) is 0 Å². The Morgan fingerprint density at radius 1 is 1.27 bits per heavy atom. The zero-order valence-electron chi connectivity index (χ0n) is 8.16. The molecule has 0 fully saturated rings. The molecule has 0 spiro atoms. The van der Waals surface area contributed by atoms with E-state index >= 15 is 0 Å². The molecule has 0 saturated heterocycles. The zero-order chi connectivity index (χ0) is 11.4. The Morgan fingerprint density at radius 3 is 2.47 bits per heavy atom. The molecule has 0 bridgehead atoms. The van der Waals surface area contributed by atoms with E-state index in [1.807, 2.05) is 6.92 Å².